The summed E-state index contributed by atoms with van der Waals surface area (Å²) in [6, 6.07) is 0. The number of carboxylic acids is 1. The molecule has 24 heavy (non-hydrogen) atoms. The maximum Gasteiger partial charge on any atom is 0.375 e. The highest BCUT2D eigenvalue weighted by Crippen LogP contribution is 2.26. The van der Waals surface area contributed by atoms with Crippen LogP contribution in [-0.4, -0.2) is 22.8 Å². The molecular weight excluding hydrogens is 304 g/mol. The second-order valence-electron chi connectivity index (χ2n) is 6.29. The summed E-state index contributed by atoms with van der Waals surface area (Å²) in [6.07, 6.45) is 22.5. The van der Waals surface area contributed by atoms with E-state index >= 15 is 0 Å². The number of rotatable bonds is 16. The Hall–Kier alpha value is -1.55. The van der Waals surface area contributed by atoms with Crippen molar-refractivity contribution in [2.45, 2.75) is 77.0 Å². The Bertz CT molecular complexity index is 435. The van der Waals surface area contributed by atoms with E-state index in [1.165, 1.54) is 64.2 Å². The lowest BCUT2D eigenvalue weighted by atomic mass is 10.1. The van der Waals surface area contributed by atoms with E-state index in [0.717, 1.165) is 12.8 Å². The maximum atomic E-state index is 10.5. The molecule has 0 fully saturated rings. The van der Waals surface area contributed by atoms with Crippen LogP contribution in [0.5, 0.6) is 0 Å². The van der Waals surface area contributed by atoms with E-state index in [-0.39, 0.29) is 5.76 Å². The summed E-state index contributed by atoms with van der Waals surface area (Å²) in [5.74, 6) is -0.481. The monoisotopic (exact) mass is 336 g/mol. The lowest BCUT2D eigenvalue weighted by Crippen LogP contribution is -1.88. The number of hydrogen-bond donors (Lipinski definition) is 2. The summed E-state index contributed by atoms with van der Waals surface area (Å²) in [6.45, 7) is 0.337. The second kappa shape index (κ2) is 13.8. The second-order valence-corrected chi connectivity index (χ2v) is 6.29. The van der Waals surface area contributed by atoms with Crippen molar-refractivity contribution in [1.82, 2.24) is 0 Å². The number of carboxylic acid groups (broad SMARTS) is 1. The quantitative estimate of drug-likeness (QED) is 0.304. The van der Waals surface area contributed by atoms with E-state index in [0.29, 0.717) is 12.4 Å². The fourth-order valence-electron chi connectivity index (χ4n) is 2.63. The third kappa shape index (κ3) is 11.1. The zero-order valence-electron chi connectivity index (χ0n) is 14.7. The summed E-state index contributed by atoms with van der Waals surface area (Å²) in [4.78, 5) is 10.5. The van der Waals surface area contributed by atoms with E-state index in [1.807, 2.05) is 12.2 Å². The van der Waals surface area contributed by atoms with Crippen LogP contribution in [0.4, 0.5) is 0 Å². The number of hydrogen-bond acceptors (Lipinski definition) is 3. The summed E-state index contributed by atoms with van der Waals surface area (Å²) >= 11 is 0. The minimum atomic E-state index is -1.000. The van der Waals surface area contributed by atoms with Crippen molar-refractivity contribution in [3.8, 4) is 0 Å². The molecule has 0 aromatic heterocycles. The van der Waals surface area contributed by atoms with Crippen LogP contribution in [0.15, 0.2) is 35.8 Å². The third-order valence-electron chi connectivity index (χ3n) is 4.11. The normalized spacial score (nSPS) is 13.9. The molecule has 1 rings (SSSR count). The number of aliphatic hydroxyl groups excluding tert-OH is 1. The third-order valence-corrected chi connectivity index (χ3v) is 4.11. The van der Waals surface area contributed by atoms with Gasteiger partial charge in [-0.05, 0) is 25.3 Å². The van der Waals surface area contributed by atoms with Crippen LogP contribution in [0.1, 0.15) is 77.0 Å². The first kappa shape index (κ1) is 20.5. The Morgan fingerprint density at radius 2 is 1.38 bits per heavy atom. The molecule has 1 aliphatic rings. The Labute approximate surface area is 145 Å². The van der Waals surface area contributed by atoms with Gasteiger partial charge in [-0.2, -0.15) is 0 Å². The average Bonchev–Trinajstić information content (AvgIpc) is 3.34. The number of aliphatic hydroxyl groups is 1. The van der Waals surface area contributed by atoms with Crippen molar-refractivity contribution >= 4 is 5.97 Å². The van der Waals surface area contributed by atoms with Crippen LogP contribution >= 0.6 is 0 Å². The van der Waals surface area contributed by atoms with Crippen molar-refractivity contribution in [2.75, 3.05) is 6.61 Å². The lowest BCUT2D eigenvalue weighted by molar-refractivity contribution is -0.133. The number of carbonyl (C=O) groups is 1. The van der Waals surface area contributed by atoms with Crippen LogP contribution in [0, 0.1) is 0 Å². The zero-order chi connectivity index (χ0) is 17.5. The summed E-state index contributed by atoms with van der Waals surface area (Å²) in [7, 11) is 0. The van der Waals surface area contributed by atoms with Gasteiger partial charge >= 0.3 is 5.97 Å². The minimum absolute atomic E-state index is 0.0600. The van der Waals surface area contributed by atoms with Crippen LogP contribution in [-0.2, 0) is 9.53 Å². The van der Waals surface area contributed by atoms with Gasteiger partial charge in [0.05, 0.1) is 0 Å². The predicted molar refractivity (Wildman–Crippen MR) is 96.5 cm³/mol. The smallest absolute Gasteiger partial charge is 0.375 e. The Morgan fingerprint density at radius 1 is 0.833 bits per heavy atom. The van der Waals surface area contributed by atoms with Gasteiger partial charge in [0.1, 0.15) is 0 Å². The minimum Gasteiger partial charge on any atom is -0.475 e. The predicted octanol–water partition coefficient (Wildman–Crippen LogP) is 5.10. The molecule has 136 valence electrons. The SMILES string of the molecule is O=C(O)C1=C(/C=C/C=C/CCCCCCCCCCCCCO)O1. The van der Waals surface area contributed by atoms with E-state index in [1.54, 1.807) is 6.08 Å². The van der Waals surface area contributed by atoms with Gasteiger partial charge in [0.15, 0.2) is 5.76 Å². The zero-order valence-corrected chi connectivity index (χ0v) is 14.7. The number of allylic oxidation sites excluding steroid dienone is 4. The van der Waals surface area contributed by atoms with Gasteiger partial charge < -0.3 is 14.9 Å². The average molecular weight is 336 g/mol. The lowest BCUT2D eigenvalue weighted by Gasteiger charge is -2.02. The first-order valence-corrected chi connectivity index (χ1v) is 9.35. The van der Waals surface area contributed by atoms with Crippen LogP contribution in [0.25, 0.3) is 0 Å². The van der Waals surface area contributed by atoms with Gasteiger partial charge in [0.25, 0.3) is 5.76 Å². The van der Waals surface area contributed by atoms with E-state index in [2.05, 4.69) is 6.08 Å². The molecule has 2 N–H and O–H groups in total. The van der Waals surface area contributed by atoms with Gasteiger partial charge in [0.2, 0.25) is 0 Å². The Kier molecular flexibility index (Phi) is 11.8. The van der Waals surface area contributed by atoms with E-state index in [9.17, 15) is 4.79 Å². The molecule has 0 aliphatic carbocycles. The summed E-state index contributed by atoms with van der Waals surface area (Å²) in [5.41, 5.74) is 0. The molecule has 1 aliphatic heterocycles. The molecule has 0 aromatic rings. The highest BCUT2D eigenvalue weighted by atomic mass is 16.6. The van der Waals surface area contributed by atoms with Crippen molar-refractivity contribution < 1.29 is 19.7 Å². The highest BCUT2D eigenvalue weighted by Gasteiger charge is 2.29. The fraction of sp³-hybridized carbons (Fsp3) is 0.650. The van der Waals surface area contributed by atoms with Gasteiger partial charge in [0, 0.05) is 6.61 Å². The molecular formula is C20H32O4. The molecule has 0 spiro atoms. The van der Waals surface area contributed by atoms with Crippen LogP contribution in [0.2, 0.25) is 0 Å². The van der Waals surface area contributed by atoms with E-state index in [4.69, 9.17) is 14.9 Å². The number of unbranched alkanes of at least 4 members (excludes halogenated alkanes) is 11. The van der Waals surface area contributed by atoms with Crippen LogP contribution < -0.4 is 0 Å². The Balaban J connectivity index is 1.80. The van der Waals surface area contributed by atoms with Gasteiger partial charge in [-0.15, -0.1) is 0 Å². The molecule has 1 heterocycles. The van der Waals surface area contributed by atoms with Gasteiger partial charge in [-0.1, -0.05) is 76.0 Å². The Morgan fingerprint density at radius 3 is 1.88 bits per heavy atom. The topological polar surface area (TPSA) is 70.1 Å². The summed E-state index contributed by atoms with van der Waals surface area (Å²) in [5, 5.41) is 17.3. The number of aliphatic carboxylic acids is 1. The summed E-state index contributed by atoms with van der Waals surface area (Å²) < 4.78 is 4.81. The first-order valence-electron chi connectivity index (χ1n) is 9.35. The number of ether oxygens (including phenoxy) is 1. The molecule has 0 amide bonds. The fourth-order valence-corrected chi connectivity index (χ4v) is 2.63. The molecule has 0 radical (unpaired) electrons. The highest BCUT2D eigenvalue weighted by molar-refractivity contribution is 5.89. The molecule has 4 heteroatoms. The molecule has 0 bridgehead atoms. The standard InChI is InChI=1S/C20H32O4/c21-17-15-13-11-9-7-5-3-1-2-4-6-8-10-12-14-16-18-19(24-18)20(22)23/h10,12,14,16,21H,1-9,11,13,15,17H2,(H,22,23)/b12-10+,16-14+. The largest absolute Gasteiger partial charge is 0.475 e. The van der Waals surface area contributed by atoms with Gasteiger partial charge in [-0.3, -0.25) is 0 Å². The molecule has 0 atom stereocenters. The molecule has 4 nitrogen and oxygen atoms in total. The van der Waals surface area contributed by atoms with Crippen molar-refractivity contribution in [3.05, 3.63) is 35.8 Å². The van der Waals surface area contributed by atoms with Crippen LogP contribution in [0.3, 0.4) is 0 Å². The molecule has 0 unspecified atom stereocenters. The molecule has 0 saturated carbocycles. The maximum absolute atomic E-state index is 10.5. The first-order chi connectivity index (χ1) is 11.8. The molecule has 0 saturated heterocycles. The van der Waals surface area contributed by atoms with E-state index < -0.39 is 5.97 Å². The molecule has 0 aromatic carbocycles. The van der Waals surface area contributed by atoms with Gasteiger partial charge in [-0.25, -0.2) is 4.79 Å². The van der Waals surface area contributed by atoms with Crippen molar-refractivity contribution in [2.24, 2.45) is 0 Å². The van der Waals surface area contributed by atoms with Crippen molar-refractivity contribution in [3.63, 3.8) is 0 Å². The van der Waals surface area contributed by atoms with Crippen molar-refractivity contribution in [1.29, 1.82) is 0 Å².